The number of rotatable bonds is 2. The molecule has 1 fully saturated rings. The van der Waals surface area contributed by atoms with Gasteiger partial charge in [0.15, 0.2) is 0 Å². The van der Waals surface area contributed by atoms with Crippen LogP contribution < -0.4 is 0 Å². The summed E-state index contributed by atoms with van der Waals surface area (Å²) in [5.74, 6) is 0.376. The summed E-state index contributed by atoms with van der Waals surface area (Å²) in [6, 6.07) is 1.39. The van der Waals surface area contributed by atoms with Crippen molar-refractivity contribution in [2.24, 2.45) is 0 Å². The van der Waals surface area contributed by atoms with Gasteiger partial charge in [-0.2, -0.15) is 0 Å². The van der Waals surface area contributed by atoms with Crippen LogP contribution in [0.4, 0.5) is 0 Å². The lowest BCUT2D eigenvalue weighted by Crippen LogP contribution is -1.85. The Kier molecular flexibility index (Phi) is 1.66. The highest BCUT2D eigenvalue weighted by Gasteiger charge is 2.29. The molecule has 66 valence electrons. The molecule has 0 amide bonds. The summed E-state index contributed by atoms with van der Waals surface area (Å²) < 4.78 is 26.0. The molecule has 1 aliphatic carbocycles. The molecule has 0 bridgehead atoms. The average Bonchev–Trinajstić information content (AvgIpc) is 2.66. The molecule has 4 nitrogen and oxygen atoms in total. The molecular weight excluding hydrogens is 202 g/mol. The van der Waals surface area contributed by atoms with E-state index in [0.29, 0.717) is 11.6 Å². The van der Waals surface area contributed by atoms with Gasteiger partial charge in [0.2, 0.25) is 0 Å². The number of aromatic nitrogens is 1. The van der Waals surface area contributed by atoms with Gasteiger partial charge >= 0.3 is 0 Å². The van der Waals surface area contributed by atoms with E-state index in [9.17, 15) is 8.42 Å². The largest absolute Gasteiger partial charge is 0.343 e. The van der Waals surface area contributed by atoms with Crippen LogP contribution in [0.5, 0.6) is 0 Å². The molecule has 0 aliphatic heterocycles. The fourth-order valence-electron chi connectivity index (χ4n) is 0.958. The van der Waals surface area contributed by atoms with Crippen LogP contribution in [0, 0.1) is 0 Å². The highest BCUT2D eigenvalue weighted by Crippen LogP contribution is 2.40. The Hall–Kier alpha value is -0.550. The predicted molar refractivity (Wildman–Crippen MR) is 41.5 cm³/mol. The van der Waals surface area contributed by atoms with E-state index in [0.717, 1.165) is 12.8 Å². The summed E-state index contributed by atoms with van der Waals surface area (Å²) in [6.45, 7) is 0. The molecule has 2 rings (SSSR count). The summed E-state index contributed by atoms with van der Waals surface area (Å²) >= 11 is 0. The van der Waals surface area contributed by atoms with Gasteiger partial charge < -0.3 is 4.52 Å². The van der Waals surface area contributed by atoms with Crippen LogP contribution in [0.25, 0.3) is 0 Å². The van der Waals surface area contributed by atoms with Gasteiger partial charge in [-0.15, -0.1) is 0 Å². The standard InChI is InChI=1S/C6H6ClNO3S/c7-12(9,10)6-3-5(8-11-6)4-1-2-4/h3-4H,1-2H2. The molecule has 1 saturated carbocycles. The Bertz CT molecular complexity index is 393. The van der Waals surface area contributed by atoms with Gasteiger partial charge in [-0.3, -0.25) is 0 Å². The highest BCUT2D eigenvalue weighted by molar-refractivity contribution is 8.13. The maximum atomic E-state index is 10.7. The molecule has 0 spiro atoms. The molecule has 1 heterocycles. The van der Waals surface area contributed by atoms with Crippen LogP contribution in [0.1, 0.15) is 24.5 Å². The summed E-state index contributed by atoms with van der Waals surface area (Å²) in [4.78, 5) is 0. The van der Waals surface area contributed by atoms with E-state index in [-0.39, 0.29) is 5.09 Å². The van der Waals surface area contributed by atoms with Crippen molar-refractivity contribution in [3.05, 3.63) is 11.8 Å². The summed E-state index contributed by atoms with van der Waals surface area (Å²) in [7, 11) is 1.29. The monoisotopic (exact) mass is 207 g/mol. The first-order valence-corrected chi connectivity index (χ1v) is 5.79. The van der Waals surface area contributed by atoms with Crippen LogP contribution >= 0.6 is 10.7 Å². The second-order valence-corrected chi connectivity index (χ2v) is 5.28. The number of hydrogen-bond donors (Lipinski definition) is 0. The topological polar surface area (TPSA) is 60.2 Å². The Morgan fingerprint density at radius 2 is 2.25 bits per heavy atom. The normalized spacial score (nSPS) is 18.1. The first-order valence-electron chi connectivity index (χ1n) is 3.48. The lowest BCUT2D eigenvalue weighted by Gasteiger charge is -1.81. The van der Waals surface area contributed by atoms with Gasteiger partial charge in [-0.1, -0.05) is 5.16 Å². The third kappa shape index (κ3) is 1.47. The molecule has 1 aromatic rings. The first-order chi connectivity index (χ1) is 5.57. The van der Waals surface area contributed by atoms with Gasteiger partial charge in [0.1, 0.15) is 0 Å². The van der Waals surface area contributed by atoms with Crippen LogP contribution in [0.3, 0.4) is 0 Å². The van der Waals surface area contributed by atoms with Gasteiger partial charge in [-0.05, 0) is 12.8 Å². The highest BCUT2D eigenvalue weighted by atomic mass is 35.7. The average molecular weight is 208 g/mol. The van der Waals surface area contributed by atoms with E-state index in [2.05, 4.69) is 9.68 Å². The zero-order valence-electron chi connectivity index (χ0n) is 6.03. The lowest BCUT2D eigenvalue weighted by atomic mass is 10.3. The van der Waals surface area contributed by atoms with E-state index in [1.807, 2.05) is 0 Å². The van der Waals surface area contributed by atoms with Crippen molar-refractivity contribution in [3.63, 3.8) is 0 Å². The Balaban J connectivity index is 2.35. The number of nitrogens with zero attached hydrogens (tertiary/aromatic N) is 1. The molecule has 6 heteroatoms. The van der Waals surface area contributed by atoms with Gasteiger partial charge in [0, 0.05) is 22.7 Å². The van der Waals surface area contributed by atoms with Crippen molar-refractivity contribution in [2.75, 3.05) is 0 Å². The van der Waals surface area contributed by atoms with Crippen LogP contribution in [0.2, 0.25) is 0 Å². The van der Waals surface area contributed by atoms with Gasteiger partial charge in [0.05, 0.1) is 5.69 Å². The van der Waals surface area contributed by atoms with Gasteiger partial charge in [0.25, 0.3) is 14.1 Å². The maximum absolute atomic E-state index is 10.7. The second kappa shape index (κ2) is 2.47. The van der Waals surface area contributed by atoms with E-state index in [1.54, 1.807) is 0 Å². The van der Waals surface area contributed by atoms with E-state index < -0.39 is 9.05 Å². The van der Waals surface area contributed by atoms with Crippen LogP contribution in [0.15, 0.2) is 15.7 Å². The zero-order valence-corrected chi connectivity index (χ0v) is 7.60. The molecule has 0 unspecified atom stereocenters. The van der Waals surface area contributed by atoms with Crippen molar-refractivity contribution < 1.29 is 12.9 Å². The zero-order chi connectivity index (χ0) is 8.77. The van der Waals surface area contributed by atoms with Crippen molar-refractivity contribution in [1.29, 1.82) is 0 Å². The van der Waals surface area contributed by atoms with E-state index in [1.165, 1.54) is 6.07 Å². The number of hydrogen-bond acceptors (Lipinski definition) is 4. The minimum absolute atomic E-state index is 0.258. The minimum atomic E-state index is -3.74. The Labute approximate surface area is 73.9 Å². The second-order valence-electron chi connectivity index (χ2n) is 2.78. The molecule has 0 N–H and O–H groups in total. The van der Waals surface area contributed by atoms with Crippen molar-refractivity contribution in [3.8, 4) is 0 Å². The summed E-state index contributed by atoms with van der Waals surface area (Å²) in [6.07, 6.45) is 2.10. The maximum Gasteiger partial charge on any atom is 0.297 e. The molecule has 0 radical (unpaired) electrons. The third-order valence-corrected chi connectivity index (χ3v) is 2.87. The fourth-order valence-corrected chi connectivity index (χ4v) is 1.56. The molecule has 0 saturated heterocycles. The molecule has 1 aliphatic rings. The summed E-state index contributed by atoms with van der Waals surface area (Å²) in [5, 5.41) is 3.35. The van der Waals surface area contributed by atoms with Crippen LogP contribution in [-0.2, 0) is 9.05 Å². The molecule has 0 aromatic carbocycles. The molecular formula is C6H6ClNO3S. The summed E-state index contributed by atoms with van der Waals surface area (Å²) in [5.41, 5.74) is 0.689. The third-order valence-electron chi connectivity index (χ3n) is 1.74. The fraction of sp³-hybridized carbons (Fsp3) is 0.500. The van der Waals surface area contributed by atoms with Crippen molar-refractivity contribution >= 4 is 19.7 Å². The quantitative estimate of drug-likeness (QED) is 0.690. The van der Waals surface area contributed by atoms with Crippen molar-refractivity contribution in [1.82, 2.24) is 5.16 Å². The molecule has 1 aromatic heterocycles. The lowest BCUT2D eigenvalue weighted by molar-refractivity contribution is 0.337. The van der Waals surface area contributed by atoms with Crippen molar-refractivity contribution in [2.45, 2.75) is 23.9 Å². The SMILES string of the molecule is O=S(=O)(Cl)c1cc(C2CC2)no1. The van der Waals surface area contributed by atoms with Crippen LogP contribution in [-0.4, -0.2) is 13.6 Å². The number of halogens is 1. The minimum Gasteiger partial charge on any atom is -0.343 e. The smallest absolute Gasteiger partial charge is 0.297 e. The Morgan fingerprint density at radius 1 is 1.58 bits per heavy atom. The Morgan fingerprint density at radius 3 is 2.67 bits per heavy atom. The predicted octanol–water partition coefficient (Wildman–Crippen LogP) is 1.48. The van der Waals surface area contributed by atoms with Gasteiger partial charge in [-0.25, -0.2) is 8.42 Å². The van der Waals surface area contributed by atoms with E-state index >= 15 is 0 Å². The molecule has 0 atom stereocenters. The molecule has 12 heavy (non-hydrogen) atoms. The van der Waals surface area contributed by atoms with E-state index in [4.69, 9.17) is 10.7 Å². The first kappa shape index (κ1) is 8.07.